The maximum Gasteiger partial charge on any atom is 0.331 e. The van der Waals surface area contributed by atoms with Crippen LogP contribution in [-0.2, 0) is 13.1 Å². The molecule has 0 unspecified atom stereocenters. The molecule has 0 saturated carbocycles. The molecule has 17 heavy (non-hydrogen) atoms. The van der Waals surface area contributed by atoms with Gasteiger partial charge in [0.1, 0.15) is 17.9 Å². The van der Waals surface area contributed by atoms with Crippen LogP contribution in [0.15, 0.2) is 39.2 Å². The first-order chi connectivity index (χ1) is 8.20. The molecule has 5 nitrogen and oxygen atoms in total. The van der Waals surface area contributed by atoms with Gasteiger partial charge in [-0.05, 0) is 6.42 Å². The first-order valence-electron chi connectivity index (χ1n) is 5.51. The minimum absolute atomic E-state index is 0.291. The van der Waals surface area contributed by atoms with Gasteiger partial charge in [0.2, 0.25) is 0 Å². The number of hydrogen-bond donors (Lipinski definition) is 0. The second-order valence-electron chi connectivity index (χ2n) is 3.81. The Morgan fingerprint density at radius 2 is 2.12 bits per heavy atom. The summed E-state index contributed by atoms with van der Waals surface area (Å²) in [5, 5.41) is 0.430. The maximum atomic E-state index is 12.1. The van der Waals surface area contributed by atoms with Crippen LogP contribution in [0, 0.1) is 0 Å². The third-order valence-electron chi connectivity index (χ3n) is 2.63. The van der Waals surface area contributed by atoms with Crippen LogP contribution in [0.3, 0.4) is 0 Å². The van der Waals surface area contributed by atoms with Crippen LogP contribution in [0.5, 0.6) is 0 Å². The summed E-state index contributed by atoms with van der Waals surface area (Å²) in [6, 6.07) is 0. The zero-order valence-corrected chi connectivity index (χ0v) is 9.68. The molecule has 90 valence electrons. The van der Waals surface area contributed by atoms with Gasteiger partial charge in [0.05, 0.1) is 5.52 Å². The summed E-state index contributed by atoms with van der Waals surface area (Å²) in [7, 11) is 0. The fourth-order valence-corrected chi connectivity index (χ4v) is 1.87. The van der Waals surface area contributed by atoms with Gasteiger partial charge in [-0.1, -0.05) is 13.0 Å². The number of furan rings is 1. The van der Waals surface area contributed by atoms with Gasteiger partial charge in [-0.3, -0.25) is 13.9 Å². The van der Waals surface area contributed by atoms with Gasteiger partial charge in [0.15, 0.2) is 0 Å². The SMILES string of the molecule is C=CCn1c(=O)n(CCC)c(=O)c2cocc21. The molecule has 0 aliphatic rings. The van der Waals surface area contributed by atoms with E-state index in [4.69, 9.17) is 4.42 Å². The van der Waals surface area contributed by atoms with Crippen molar-refractivity contribution in [2.45, 2.75) is 26.4 Å². The number of fused-ring (bicyclic) bond motifs is 1. The van der Waals surface area contributed by atoms with Gasteiger partial charge in [0, 0.05) is 13.1 Å². The summed E-state index contributed by atoms with van der Waals surface area (Å²) in [6.07, 6.45) is 5.14. The second kappa shape index (κ2) is 4.45. The Bertz CT molecular complexity index is 660. The monoisotopic (exact) mass is 234 g/mol. The lowest BCUT2D eigenvalue weighted by atomic mass is 10.3. The predicted octanol–water partition coefficient (Wildman–Crippen LogP) is 1.35. The summed E-state index contributed by atoms with van der Waals surface area (Å²) in [5.74, 6) is 0. The normalized spacial score (nSPS) is 10.9. The zero-order valence-electron chi connectivity index (χ0n) is 9.68. The van der Waals surface area contributed by atoms with E-state index in [1.54, 1.807) is 6.08 Å². The summed E-state index contributed by atoms with van der Waals surface area (Å²) in [4.78, 5) is 24.1. The minimum atomic E-state index is -0.314. The van der Waals surface area contributed by atoms with Crippen molar-refractivity contribution in [1.29, 1.82) is 0 Å². The van der Waals surface area contributed by atoms with E-state index in [-0.39, 0.29) is 11.2 Å². The molecule has 0 spiro atoms. The van der Waals surface area contributed by atoms with Crippen LogP contribution in [-0.4, -0.2) is 9.13 Å². The smallest absolute Gasteiger partial charge is 0.331 e. The molecule has 0 aromatic carbocycles. The first-order valence-corrected chi connectivity index (χ1v) is 5.51. The number of hydrogen-bond acceptors (Lipinski definition) is 3. The Balaban J connectivity index is 2.87. The lowest BCUT2D eigenvalue weighted by Crippen LogP contribution is -2.39. The topological polar surface area (TPSA) is 57.1 Å². The van der Waals surface area contributed by atoms with E-state index >= 15 is 0 Å². The van der Waals surface area contributed by atoms with Crippen molar-refractivity contribution in [3.05, 3.63) is 46.0 Å². The fourth-order valence-electron chi connectivity index (χ4n) is 1.87. The molecule has 0 aliphatic carbocycles. The van der Waals surface area contributed by atoms with Crippen molar-refractivity contribution in [3.8, 4) is 0 Å². The van der Waals surface area contributed by atoms with E-state index in [0.717, 1.165) is 6.42 Å². The zero-order chi connectivity index (χ0) is 12.4. The Morgan fingerprint density at radius 3 is 2.76 bits per heavy atom. The molecule has 0 atom stereocenters. The fraction of sp³-hybridized carbons (Fsp3) is 0.333. The average molecular weight is 234 g/mol. The molecule has 0 aliphatic heterocycles. The van der Waals surface area contributed by atoms with Crippen LogP contribution in [0.4, 0.5) is 0 Å². The molecule has 2 rings (SSSR count). The Morgan fingerprint density at radius 1 is 1.35 bits per heavy atom. The van der Waals surface area contributed by atoms with Crippen molar-refractivity contribution in [2.75, 3.05) is 0 Å². The Labute approximate surface area is 97.6 Å². The maximum absolute atomic E-state index is 12.1. The number of allylic oxidation sites excluding steroid dienone is 1. The number of nitrogens with zero attached hydrogens (tertiary/aromatic N) is 2. The van der Waals surface area contributed by atoms with E-state index in [1.165, 1.54) is 21.7 Å². The third kappa shape index (κ3) is 1.73. The van der Waals surface area contributed by atoms with Crippen molar-refractivity contribution in [3.63, 3.8) is 0 Å². The highest BCUT2D eigenvalue weighted by molar-refractivity contribution is 5.76. The average Bonchev–Trinajstić information content (AvgIpc) is 2.79. The van der Waals surface area contributed by atoms with Crippen LogP contribution >= 0.6 is 0 Å². The van der Waals surface area contributed by atoms with Gasteiger partial charge >= 0.3 is 5.69 Å². The molecule has 5 heteroatoms. The summed E-state index contributed by atoms with van der Waals surface area (Å²) >= 11 is 0. The van der Waals surface area contributed by atoms with Gasteiger partial charge < -0.3 is 4.42 Å². The summed E-state index contributed by atoms with van der Waals surface area (Å²) in [6.45, 7) is 6.30. The largest absolute Gasteiger partial charge is 0.470 e. The van der Waals surface area contributed by atoms with Gasteiger partial charge in [-0.15, -0.1) is 6.58 Å². The van der Waals surface area contributed by atoms with E-state index in [0.29, 0.717) is 24.0 Å². The van der Waals surface area contributed by atoms with Crippen LogP contribution in [0.1, 0.15) is 13.3 Å². The molecular weight excluding hydrogens is 220 g/mol. The van der Waals surface area contributed by atoms with E-state index in [9.17, 15) is 9.59 Å². The predicted molar refractivity (Wildman–Crippen MR) is 65.2 cm³/mol. The van der Waals surface area contributed by atoms with E-state index < -0.39 is 0 Å². The van der Waals surface area contributed by atoms with Crippen LogP contribution in [0.2, 0.25) is 0 Å². The van der Waals surface area contributed by atoms with E-state index in [2.05, 4.69) is 6.58 Å². The Hall–Kier alpha value is -2.04. The Kier molecular flexibility index (Phi) is 2.99. The third-order valence-corrected chi connectivity index (χ3v) is 2.63. The molecule has 0 N–H and O–H groups in total. The summed E-state index contributed by atoms with van der Waals surface area (Å²) in [5.41, 5.74) is -0.0844. The standard InChI is InChI=1S/C12H14N2O3/c1-3-5-13-10-8-17-7-9(10)11(15)14(6-4-2)12(13)16/h3,7-8H,1,4-6H2,2H3. The van der Waals surface area contributed by atoms with Crippen LogP contribution in [0.25, 0.3) is 10.9 Å². The second-order valence-corrected chi connectivity index (χ2v) is 3.81. The highest BCUT2D eigenvalue weighted by Crippen LogP contribution is 2.08. The van der Waals surface area contributed by atoms with Gasteiger partial charge in [-0.25, -0.2) is 4.79 Å². The first kappa shape index (κ1) is 11.4. The molecule has 2 aromatic rings. The molecule has 0 saturated heterocycles. The molecule has 0 fully saturated rings. The molecule has 2 heterocycles. The lowest BCUT2D eigenvalue weighted by Gasteiger charge is -2.08. The highest BCUT2D eigenvalue weighted by Gasteiger charge is 2.13. The van der Waals surface area contributed by atoms with E-state index in [1.807, 2.05) is 6.92 Å². The van der Waals surface area contributed by atoms with Crippen LogP contribution < -0.4 is 11.2 Å². The quantitative estimate of drug-likeness (QED) is 0.750. The molecule has 0 radical (unpaired) electrons. The highest BCUT2D eigenvalue weighted by atomic mass is 16.3. The van der Waals surface area contributed by atoms with Crippen molar-refractivity contribution in [1.82, 2.24) is 9.13 Å². The minimum Gasteiger partial charge on any atom is -0.470 e. The molecular formula is C12H14N2O3. The number of aromatic nitrogens is 2. The molecule has 2 aromatic heterocycles. The lowest BCUT2D eigenvalue weighted by molar-refractivity contribution is 0.568. The van der Waals surface area contributed by atoms with Crippen molar-refractivity contribution < 1.29 is 4.42 Å². The molecule has 0 amide bonds. The summed E-state index contributed by atoms with van der Waals surface area (Å²) < 4.78 is 7.74. The molecule has 0 bridgehead atoms. The number of rotatable bonds is 4. The van der Waals surface area contributed by atoms with Crippen molar-refractivity contribution in [2.24, 2.45) is 0 Å². The van der Waals surface area contributed by atoms with Gasteiger partial charge in [-0.2, -0.15) is 0 Å². The van der Waals surface area contributed by atoms with Crippen molar-refractivity contribution >= 4 is 10.9 Å². The van der Waals surface area contributed by atoms with Gasteiger partial charge in [0.25, 0.3) is 5.56 Å².